The molecule has 0 spiro atoms. The fourth-order valence-electron chi connectivity index (χ4n) is 3.74. The number of fused-ring (bicyclic) bond motifs is 1. The summed E-state index contributed by atoms with van der Waals surface area (Å²) >= 11 is 0. The zero-order valence-electron chi connectivity index (χ0n) is 16.0. The molecule has 2 heterocycles. The highest BCUT2D eigenvalue weighted by Gasteiger charge is 2.41. The van der Waals surface area contributed by atoms with Gasteiger partial charge in [0.25, 0.3) is 5.91 Å². The lowest BCUT2D eigenvalue weighted by atomic mass is 9.96. The minimum absolute atomic E-state index is 0.0205. The van der Waals surface area contributed by atoms with Gasteiger partial charge in [-0.05, 0) is 49.2 Å². The van der Waals surface area contributed by atoms with Gasteiger partial charge in [0.15, 0.2) is 6.61 Å². The van der Waals surface area contributed by atoms with Crippen molar-refractivity contribution in [2.75, 3.05) is 41.9 Å². The van der Waals surface area contributed by atoms with E-state index in [2.05, 4.69) is 5.32 Å². The first kappa shape index (κ1) is 19.4. The first-order valence-electron chi connectivity index (χ1n) is 9.53. The zero-order chi connectivity index (χ0) is 20.6. The number of likely N-dealkylation sites (N-methyl/N-ethyl adjacent to an activating group) is 1. The molecule has 4 rings (SSSR count). The van der Waals surface area contributed by atoms with Crippen molar-refractivity contribution >= 4 is 28.7 Å². The van der Waals surface area contributed by atoms with Crippen LogP contribution in [0.5, 0.6) is 5.75 Å². The lowest BCUT2D eigenvalue weighted by molar-refractivity contribution is -0.179. The van der Waals surface area contributed by atoms with E-state index < -0.39 is 12.1 Å². The zero-order valence-corrected chi connectivity index (χ0v) is 16.0. The maximum Gasteiger partial charge on any atom is 0.391 e. The Kier molecular flexibility index (Phi) is 5.02. The van der Waals surface area contributed by atoms with E-state index in [-0.39, 0.29) is 25.4 Å². The highest BCUT2D eigenvalue weighted by Crippen LogP contribution is 2.36. The van der Waals surface area contributed by atoms with Crippen molar-refractivity contribution in [3.8, 4) is 5.75 Å². The van der Waals surface area contributed by atoms with Crippen molar-refractivity contribution in [1.29, 1.82) is 0 Å². The molecule has 0 aromatic heterocycles. The van der Waals surface area contributed by atoms with Gasteiger partial charge in [-0.3, -0.25) is 4.79 Å². The van der Waals surface area contributed by atoms with E-state index in [0.717, 1.165) is 22.7 Å². The fraction of sp³-hybridized carbons (Fsp3) is 0.381. The largest absolute Gasteiger partial charge is 0.481 e. The van der Waals surface area contributed by atoms with Crippen molar-refractivity contribution in [3.05, 3.63) is 42.5 Å². The Bertz CT molecular complexity index is 891. The number of piperidine rings is 1. The summed E-state index contributed by atoms with van der Waals surface area (Å²) in [6.07, 6.45) is -3.83. The van der Waals surface area contributed by atoms with Crippen LogP contribution in [0.1, 0.15) is 12.8 Å². The summed E-state index contributed by atoms with van der Waals surface area (Å²) in [7, 11) is 1.72. The molecule has 2 aromatic carbocycles. The molecule has 1 fully saturated rings. The van der Waals surface area contributed by atoms with Crippen LogP contribution in [0, 0.1) is 5.92 Å². The number of carbonyl (C=O) groups excluding carboxylic acids is 1. The third-order valence-electron chi connectivity index (χ3n) is 5.53. The highest BCUT2D eigenvalue weighted by atomic mass is 19.4. The quantitative estimate of drug-likeness (QED) is 0.813. The van der Waals surface area contributed by atoms with Crippen molar-refractivity contribution < 1.29 is 22.7 Å². The van der Waals surface area contributed by atoms with Crippen molar-refractivity contribution in [2.24, 2.45) is 5.92 Å². The summed E-state index contributed by atoms with van der Waals surface area (Å²) in [5, 5.41) is 3.29. The topological polar surface area (TPSA) is 44.8 Å². The Balaban J connectivity index is 1.40. The molecule has 0 unspecified atom stereocenters. The number of anilines is 4. The Labute approximate surface area is 167 Å². The van der Waals surface area contributed by atoms with Gasteiger partial charge in [-0.1, -0.05) is 0 Å². The lowest BCUT2D eigenvalue weighted by Gasteiger charge is -2.34. The number of hydrogen-bond donors (Lipinski definition) is 1. The molecule has 0 atom stereocenters. The molecule has 0 bridgehead atoms. The number of rotatable bonds is 3. The van der Waals surface area contributed by atoms with Gasteiger partial charge < -0.3 is 19.9 Å². The van der Waals surface area contributed by atoms with Gasteiger partial charge in [0.2, 0.25) is 0 Å². The van der Waals surface area contributed by atoms with Crippen LogP contribution in [0.15, 0.2) is 42.5 Å². The van der Waals surface area contributed by atoms with Crippen molar-refractivity contribution in [3.63, 3.8) is 0 Å². The molecule has 1 amide bonds. The minimum atomic E-state index is -4.10. The molecule has 0 aliphatic carbocycles. The van der Waals surface area contributed by atoms with E-state index in [9.17, 15) is 18.0 Å². The first-order valence-corrected chi connectivity index (χ1v) is 9.53. The third-order valence-corrected chi connectivity index (χ3v) is 5.53. The number of halogens is 3. The molecular formula is C21H22F3N3O2. The second-order valence-electron chi connectivity index (χ2n) is 7.40. The van der Waals surface area contributed by atoms with Crippen LogP contribution in [0.25, 0.3) is 0 Å². The van der Waals surface area contributed by atoms with Crippen molar-refractivity contribution in [2.45, 2.75) is 19.0 Å². The minimum Gasteiger partial charge on any atom is -0.481 e. The van der Waals surface area contributed by atoms with E-state index in [4.69, 9.17) is 4.74 Å². The normalized spacial score (nSPS) is 17.7. The average molecular weight is 405 g/mol. The van der Waals surface area contributed by atoms with Crippen LogP contribution in [0.3, 0.4) is 0 Å². The summed E-state index contributed by atoms with van der Waals surface area (Å²) in [5.74, 6) is -0.644. The van der Waals surface area contributed by atoms with Gasteiger partial charge in [0.1, 0.15) is 5.75 Å². The molecule has 5 nitrogen and oxygen atoms in total. The van der Waals surface area contributed by atoms with E-state index in [1.807, 2.05) is 47.4 Å². The second-order valence-corrected chi connectivity index (χ2v) is 7.40. The van der Waals surface area contributed by atoms with Gasteiger partial charge in [0, 0.05) is 43.3 Å². The molecule has 2 aliphatic heterocycles. The number of benzene rings is 2. The Morgan fingerprint density at radius 2 is 1.69 bits per heavy atom. The number of ether oxygens (including phenoxy) is 1. The number of alkyl halides is 3. The van der Waals surface area contributed by atoms with Gasteiger partial charge in [0.05, 0.1) is 11.6 Å². The van der Waals surface area contributed by atoms with Crippen LogP contribution in [0.4, 0.5) is 35.9 Å². The molecular weight excluding hydrogens is 383 g/mol. The predicted octanol–water partition coefficient (Wildman–Crippen LogP) is 4.56. The maximum absolute atomic E-state index is 12.8. The monoisotopic (exact) mass is 405 g/mol. The fourth-order valence-corrected chi connectivity index (χ4v) is 3.74. The number of hydrogen-bond acceptors (Lipinski definition) is 4. The van der Waals surface area contributed by atoms with Gasteiger partial charge >= 0.3 is 6.18 Å². The van der Waals surface area contributed by atoms with Gasteiger partial charge in [-0.2, -0.15) is 13.2 Å². The van der Waals surface area contributed by atoms with Gasteiger partial charge in [-0.15, -0.1) is 0 Å². The summed E-state index contributed by atoms with van der Waals surface area (Å²) in [6.45, 7) is 0.837. The molecule has 154 valence electrons. The Morgan fingerprint density at radius 3 is 2.34 bits per heavy atom. The van der Waals surface area contributed by atoms with Crippen LogP contribution >= 0.6 is 0 Å². The smallest absolute Gasteiger partial charge is 0.391 e. The summed E-state index contributed by atoms with van der Waals surface area (Å²) in [4.78, 5) is 15.2. The van der Waals surface area contributed by atoms with E-state index >= 15 is 0 Å². The molecule has 2 aliphatic rings. The number of amides is 1. The molecule has 8 heteroatoms. The standard InChI is InChI=1S/C21H22F3N3O2/c1-26-18-7-4-16(12-19(18)29-13-20(26)28)25-15-2-5-17(6-3-15)27-10-8-14(9-11-27)21(22,23)24/h2-7,12,14,25H,8-11,13H2,1H3. The predicted molar refractivity (Wildman–Crippen MR) is 106 cm³/mol. The van der Waals surface area contributed by atoms with Crippen LogP contribution in [0.2, 0.25) is 0 Å². The molecule has 1 saturated heterocycles. The van der Waals surface area contributed by atoms with Crippen LogP contribution in [-0.4, -0.2) is 38.8 Å². The summed E-state index contributed by atoms with van der Waals surface area (Å²) in [5.41, 5.74) is 3.33. The van der Waals surface area contributed by atoms with E-state index in [1.54, 1.807) is 11.9 Å². The number of carbonyl (C=O) groups is 1. The van der Waals surface area contributed by atoms with Crippen molar-refractivity contribution in [1.82, 2.24) is 0 Å². The average Bonchev–Trinajstić information content (AvgIpc) is 2.71. The van der Waals surface area contributed by atoms with Gasteiger partial charge in [-0.25, -0.2) is 0 Å². The van der Waals surface area contributed by atoms with E-state index in [0.29, 0.717) is 18.8 Å². The Morgan fingerprint density at radius 1 is 1.03 bits per heavy atom. The summed E-state index contributed by atoms with van der Waals surface area (Å²) < 4.78 is 44.0. The third kappa shape index (κ3) is 4.11. The lowest BCUT2D eigenvalue weighted by Crippen LogP contribution is -2.38. The second kappa shape index (κ2) is 7.50. The highest BCUT2D eigenvalue weighted by molar-refractivity contribution is 5.97. The maximum atomic E-state index is 12.8. The molecule has 29 heavy (non-hydrogen) atoms. The number of nitrogens with zero attached hydrogens (tertiary/aromatic N) is 2. The first-order chi connectivity index (χ1) is 13.8. The molecule has 0 saturated carbocycles. The molecule has 1 N–H and O–H groups in total. The SMILES string of the molecule is CN1C(=O)COc2cc(Nc3ccc(N4CCC(C(F)(F)F)CC4)cc3)ccc21. The van der Waals surface area contributed by atoms with E-state index in [1.165, 1.54) is 0 Å². The number of nitrogens with one attached hydrogen (secondary N) is 1. The summed E-state index contributed by atoms with van der Waals surface area (Å²) in [6, 6.07) is 13.2. The van der Waals surface area contributed by atoms with Crippen LogP contribution in [-0.2, 0) is 4.79 Å². The molecule has 0 radical (unpaired) electrons. The molecule has 2 aromatic rings. The Hall–Kier alpha value is -2.90. The van der Waals surface area contributed by atoms with Crippen LogP contribution < -0.4 is 19.9 Å².